The van der Waals surface area contributed by atoms with Crippen LogP contribution in [0.5, 0.6) is 0 Å². The van der Waals surface area contributed by atoms with Crippen LogP contribution in [0.1, 0.15) is 31.6 Å². The molecule has 0 saturated carbocycles. The fraction of sp³-hybridized carbons (Fsp3) is 0.385. The molecule has 0 bridgehead atoms. The van der Waals surface area contributed by atoms with E-state index in [4.69, 9.17) is 10.3 Å². The fourth-order valence-electron chi connectivity index (χ4n) is 1.68. The summed E-state index contributed by atoms with van der Waals surface area (Å²) in [4.78, 5) is 5.55. The third kappa shape index (κ3) is 2.91. The largest absolute Gasteiger partial charge is 0.334 e. The first-order valence-corrected chi connectivity index (χ1v) is 7.20. The van der Waals surface area contributed by atoms with Crippen LogP contribution in [0.2, 0.25) is 0 Å². The van der Waals surface area contributed by atoms with Crippen molar-refractivity contribution in [2.75, 3.05) is 6.26 Å². The number of hydrogen-bond donors (Lipinski definition) is 1. The Morgan fingerprint density at radius 2 is 2.06 bits per heavy atom. The van der Waals surface area contributed by atoms with Gasteiger partial charge in [-0.05, 0) is 36.9 Å². The van der Waals surface area contributed by atoms with Gasteiger partial charge in [-0.3, -0.25) is 0 Å². The van der Waals surface area contributed by atoms with Gasteiger partial charge in [0.15, 0.2) is 5.82 Å². The van der Waals surface area contributed by atoms with Crippen LogP contribution in [-0.4, -0.2) is 16.4 Å². The van der Waals surface area contributed by atoms with Crippen molar-refractivity contribution < 1.29 is 4.52 Å². The second-order valence-corrected chi connectivity index (χ2v) is 4.96. The van der Waals surface area contributed by atoms with Crippen LogP contribution < -0.4 is 5.73 Å². The molecule has 0 aliphatic heterocycles. The molecule has 0 saturated heterocycles. The molecule has 0 amide bonds. The van der Waals surface area contributed by atoms with Gasteiger partial charge in [0.2, 0.25) is 0 Å². The van der Waals surface area contributed by atoms with Gasteiger partial charge in [0.1, 0.15) is 0 Å². The van der Waals surface area contributed by atoms with E-state index in [-0.39, 0.29) is 6.04 Å². The lowest BCUT2D eigenvalue weighted by atomic mass is 10.2. The maximum absolute atomic E-state index is 5.95. The highest BCUT2D eigenvalue weighted by Crippen LogP contribution is 2.23. The monoisotopic (exact) mass is 263 g/mol. The van der Waals surface area contributed by atoms with E-state index in [1.165, 1.54) is 4.90 Å². The van der Waals surface area contributed by atoms with Crippen molar-refractivity contribution >= 4 is 11.8 Å². The molecule has 2 rings (SSSR count). The topological polar surface area (TPSA) is 64.9 Å². The molecule has 96 valence electrons. The summed E-state index contributed by atoms with van der Waals surface area (Å²) in [5, 5.41) is 3.94. The molecule has 0 fully saturated rings. The molecule has 18 heavy (non-hydrogen) atoms. The number of benzene rings is 1. The Morgan fingerprint density at radius 3 is 2.67 bits per heavy atom. The van der Waals surface area contributed by atoms with Crippen molar-refractivity contribution in [2.45, 2.75) is 30.7 Å². The van der Waals surface area contributed by atoms with Crippen molar-refractivity contribution in [1.82, 2.24) is 10.1 Å². The number of rotatable bonds is 5. The van der Waals surface area contributed by atoms with Crippen LogP contribution in [0.25, 0.3) is 11.5 Å². The molecule has 2 N–H and O–H groups in total. The van der Waals surface area contributed by atoms with Crippen LogP contribution in [-0.2, 0) is 0 Å². The zero-order chi connectivity index (χ0) is 13.0. The highest BCUT2D eigenvalue weighted by atomic mass is 32.2. The first kappa shape index (κ1) is 13.1. The molecule has 0 radical (unpaired) electrons. The molecule has 1 heterocycles. The second kappa shape index (κ2) is 6.02. The van der Waals surface area contributed by atoms with Crippen molar-refractivity contribution in [3.63, 3.8) is 0 Å². The molecule has 1 aromatic carbocycles. The van der Waals surface area contributed by atoms with Crippen LogP contribution in [0.4, 0.5) is 0 Å². The normalized spacial score (nSPS) is 12.6. The lowest BCUT2D eigenvalue weighted by Gasteiger charge is -2.02. The van der Waals surface area contributed by atoms with Gasteiger partial charge in [0.25, 0.3) is 5.89 Å². The van der Waals surface area contributed by atoms with Gasteiger partial charge in [-0.15, -0.1) is 11.8 Å². The maximum atomic E-state index is 5.95. The Bertz CT molecular complexity index is 495. The third-order valence-electron chi connectivity index (χ3n) is 2.71. The van der Waals surface area contributed by atoms with E-state index in [0.29, 0.717) is 11.7 Å². The summed E-state index contributed by atoms with van der Waals surface area (Å²) in [6.07, 6.45) is 3.92. The van der Waals surface area contributed by atoms with Crippen LogP contribution >= 0.6 is 11.8 Å². The van der Waals surface area contributed by atoms with E-state index in [2.05, 4.69) is 17.1 Å². The average Bonchev–Trinajstić information content (AvgIpc) is 2.89. The minimum atomic E-state index is -0.141. The van der Waals surface area contributed by atoms with E-state index < -0.39 is 0 Å². The summed E-state index contributed by atoms with van der Waals surface area (Å²) in [5.41, 5.74) is 6.88. The third-order valence-corrected chi connectivity index (χ3v) is 3.45. The Morgan fingerprint density at radius 1 is 1.33 bits per heavy atom. The lowest BCUT2D eigenvalue weighted by Crippen LogP contribution is -2.11. The van der Waals surface area contributed by atoms with Crippen molar-refractivity contribution in [3.05, 3.63) is 30.1 Å². The first-order valence-electron chi connectivity index (χ1n) is 5.98. The Labute approximate surface area is 111 Å². The van der Waals surface area contributed by atoms with Crippen LogP contribution in [0.15, 0.2) is 33.7 Å². The SMILES string of the molecule is CCCC(N)c1noc(-c2ccc(SC)cc2)n1. The predicted molar refractivity (Wildman–Crippen MR) is 73.4 cm³/mol. The molecule has 0 aliphatic carbocycles. The molecule has 2 aromatic rings. The molecule has 4 nitrogen and oxygen atoms in total. The molecule has 5 heteroatoms. The Balaban J connectivity index is 2.18. The molecular weight excluding hydrogens is 246 g/mol. The minimum absolute atomic E-state index is 0.141. The highest BCUT2D eigenvalue weighted by molar-refractivity contribution is 7.98. The lowest BCUT2D eigenvalue weighted by molar-refractivity contribution is 0.413. The van der Waals surface area contributed by atoms with E-state index in [1.54, 1.807) is 11.8 Å². The van der Waals surface area contributed by atoms with Gasteiger partial charge in [0.05, 0.1) is 6.04 Å². The van der Waals surface area contributed by atoms with Gasteiger partial charge in [-0.1, -0.05) is 18.5 Å². The van der Waals surface area contributed by atoms with E-state index in [0.717, 1.165) is 18.4 Å². The molecule has 0 spiro atoms. The summed E-state index contributed by atoms with van der Waals surface area (Å²) in [5.74, 6) is 1.12. The van der Waals surface area contributed by atoms with Gasteiger partial charge in [-0.25, -0.2) is 0 Å². The van der Waals surface area contributed by atoms with Crippen molar-refractivity contribution in [3.8, 4) is 11.5 Å². The fourth-order valence-corrected chi connectivity index (χ4v) is 2.08. The van der Waals surface area contributed by atoms with Crippen LogP contribution in [0.3, 0.4) is 0 Å². The summed E-state index contributed by atoms with van der Waals surface area (Å²) >= 11 is 1.70. The predicted octanol–water partition coefficient (Wildman–Crippen LogP) is 3.26. The maximum Gasteiger partial charge on any atom is 0.257 e. The van der Waals surface area contributed by atoms with E-state index in [9.17, 15) is 0 Å². The smallest absolute Gasteiger partial charge is 0.257 e. The van der Waals surface area contributed by atoms with E-state index in [1.807, 2.05) is 30.5 Å². The number of hydrogen-bond acceptors (Lipinski definition) is 5. The van der Waals surface area contributed by atoms with Gasteiger partial charge < -0.3 is 10.3 Å². The average molecular weight is 263 g/mol. The van der Waals surface area contributed by atoms with Gasteiger partial charge in [0, 0.05) is 10.5 Å². The van der Waals surface area contributed by atoms with Crippen molar-refractivity contribution in [2.24, 2.45) is 5.73 Å². The summed E-state index contributed by atoms with van der Waals surface area (Å²) in [6.45, 7) is 2.09. The summed E-state index contributed by atoms with van der Waals surface area (Å²) in [7, 11) is 0. The first-order chi connectivity index (χ1) is 8.74. The highest BCUT2D eigenvalue weighted by Gasteiger charge is 2.14. The Hall–Kier alpha value is -1.33. The van der Waals surface area contributed by atoms with Crippen molar-refractivity contribution in [1.29, 1.82) is 0 Å². The molecule has 1 aromatic heterocycles. The summed E-state index contributed by atoms with van der Waals surface area (Å²) < 4.78 is 5.24. The molecule has 1 unspecified atom stereocenters. The van der Waals surface area contributed by atoms with E-state index >= 15 is 0 Å². The number of nitrogens with zero attached hydrogens (tertiary/aromatic N) is 2. The quantitative estimate of drug-likeness (QED) is 0.839. The molecule has 0 aliphatic rings. The number of aromatic nitrogens is 2. The summed E-state index contributed by atoms with van der Waals surface area (Å²) in [6, 6.07) is 7.90. The van der Waals surface area contributed by atoms with Gasteiger partial charge in [-0.2, -0.15) is 4.98 Å². The number of nitrogens with two attached hydrogens (primary N) is 1. The Kier molecular flexibility index (Phi) is 4.38. The molecule has 1 atom stereocenters. The van der Waals surface area contributed by atoms with Crippen LogP contribution in [0, 0.1) is 0 Å². The zero-order valence-corrected chi connectivity index (χ0v) is 11.4. The van der Waals surface area contributed by atoms with Gasteiger partial charge >= 0.3 is 0 Å². The second-order valence-electron chi connectivity index (χ2n) is 4.08. The number of thioether (sulfide) groups is 1. The minimum Gasteiger partial charge on any atom is -0.334 e. The standard InChI is InChI=1S/C13H17N3OS/c1-3-4-11(14)12-15-13(17-16-12)9-5-7-10(18-2)8-6-9/h5-8,11H,3-4,14H2,1-2H3. The molecular formula is C13H17N3OS. The zero-order valence-electron chi connectivity index (χ0n) is 10.6.